The van der Waals surface area contributed by atoms with Gasteiger partial charge in [-0.05, 0) is 47.6 Å². The number of hydrogen-bond acceptors (Lipinski definition) is 3. The minimum absolute atomic E-state index is 0.152. The number of halogens is 2. The number of likely N-dealkylation sites (N-methyl/N-ethyl adjacent to an activating group) is 1. The van der Waals surface area contributed by atoms with Gasteiger partial charge in [0.15, 0.2) is 0 Å². The number of ether oxygens (including phenoxy) is 1. The summed E-state index contributed by atoms with van der Waals surface area (Å²) in [5.41, 5.74) is 3.06. The Morgan fingerprint density at radius 2 is 2.19 bits per heavy atom. The standard InChI is InChI=1S/C15H19BrClN3O/c1-9-15(17)13(20(3)19-9)8-12(18-2)10-5-6-14(21-4)11(16)7-10/h5-7,12,18H,8H2,1-4H3. The highest BCUT2D eigenvalue weighted by molar-refractivity contribution is 9.10. The second-order valence-corrected chi connectivity index (χ2v) is 6.14. The van der Waals surface area contributed by atoms with E-state index in [2.05, 4.69) is 38.5 Å². The molecule has 2 aromatic rings. The van der Waals surface area contributed by atoms with Gasteiger partial charge in [-0.2, -0.15) is 5.10 Å². The molecule has 1 atom stereocenters. The normalized spacial score (nSPS) is 12.5. The van der Waals surface area contributed by atoms with Gasteiger partial charge in [0, 0.05) is 19.5 Å². The van der Waals surface area contributed by atoms with E-state index in [0.29, 0.717) is 0 Å². The van der Waals surface area contributed by atoms with E-state index in [1.807, 2.05) is 31.8 Å². The van der Waals surface area contributed by atoms with Crippen LogP contribution < -0.4 is 10.1 Å². The zero-order valence-corrected chi connectivity index (χ0v) is 14.9. The summed E-state index contributed by atoms with van der Waals surface area (Å²) >= 11 is 9.87. The lowest BCUT2D eigenvalue weighted by Gasteiger charge is -2.18. The molecule has 1 aromatic carbocycles. The fourth-order valence-electron chi connectivity index (χ4n) is 2.38. The van der Waals surface area contributed by atoms with Gasteiger partial charge < -0.3 is 10.1 Å². The Hall–Kier alpha value is -1.04. The number of nitrogens with zero attached hydrogens (tertiary/aromatic N) is 2. The van der Waals surface area contributed by atoms with Gasteiger partial charge in [-0.1, -0.05) is 17.7 Å². The average molecular weight is 373 g/mol. The minimum Gasteiger partial charge on any atom is -0.496 e. The maximum absolute atomic E-state index is 6.34. The molecule has 0 saturated carbocycles. The Balaban J connectivity index is 2.30. The summed E-state index contributed by atoms with van der Waals surface area (Å²) in [6.45, 7) is 1.92. The molecule has 0 aliphatic rings. The van der Waals surface area contributed by atoms with Crippen LogP contribution in [-0.4, -0.2) is 23.9 Å². The minimum atomic E-state index is 0.152. The number of aromatic nitrogens is 2. The van der Waals surface area contributed by atoms with E-state index in [9.17, 15) is 0 Å². The Morgan fingerprint density at radius 3 is 2.67 bits per heavy atom. The number of hydrogen-bond donors (Lipinski definition) is 1. The van der Waals surface area contributed by atoms with E-state index in [4.69, 9.17) is 16.3 Å². The van der Waals surface area contributed by atoms with Gasteiger partial charge in [-0.3, -0.25) is 4.68 Å². The van der Waals surface area contributed by atoms with Gasteiger partial charge in [0.05, 0.1) is 28.0 Å². The number of nitrogens with one attached hydrogen (secondary N) is 1. The molecule has 1 aromatic heterocycles. The monoisotopic (exact) mass is 371 g/mol. The summed E-state index contributed by atoms with van der Waals surface area (Å²) in [6.07, 6.45) is 0.769. The van der Waals surface area contributed by atoms with E-state index in [-0.39, 0.29) is 6.04 Å². The molecule has 0 radical (unpaired) electrons. The summed E-state index contributed by atoms with van der Waals surface area (Å²) in [4.78, 5) is 0. The quantitative estimate of drug-likeness (QED) is 0.870. The zero-order valence-electron chi connectivity index (χ0n) is 12.6. The van der Waals surface area contributed by atoms with Crippen LogP contribution in [0.1, 0.15) is 23.0 Å². The molecule has 6 heteroatoms. The molecule has 0 bridgehead atoms. The van der Waals surface area contributed by atoms with Crippen molar-refractivity contribution in [2.75, 3.05) is 14.2 Å². The highest BCUT2D eigenvalue weighted by atomic mass is 79.9. The Kier molecular flexibility index (Phi) is 5.30. The first kappa shape index (κ1) is 16.3. The summed E-state index contributed by atoms with van der Waals surface area (Å²) in [5, 5.41) is 8.44. The van der Waals surface area contributed by atoms with Crippen molar-refractivity contribution >= 4 is 27.5 Å². The fraction of sp³-hybridized carbons (Fsp3) is 0.400. The zero-order chi connectivity index (χ0) is 15.6. The lowest BCUT2D eigenvalue weighted by molar-refractivity contribution is 0.411. The Labute approximate surface area is 138 Å². The summed E-state index contributed by atoms with van der Waals surface area (Å²) < 4.78 is 8.06. The number of benzene rings is 1. The lowest BCUT2D eigenvalue weighted by atomic mass is 10.0. The van der Waals surface area contributed by atoms with Crippen LogP contribution in [0, 0.1) is 6.92 Å². The predicted molar refractivity (Wildman–Crippen MR) is 89.2 cm³/mol. The van der Waals surface area contributed by atoms with Crippen molar-refractivity contribution in [2.24, 2.45) is 7.05 Å². The summed E-state index contributed by atoms with van der Waals surface area (Å²) in [6, 6.07) is 6.23. The van der Waals surface area contributed by atoms with Crippen molar-refractivity contribution in [3.63, 3.8) is 0 Å². The summed E-state index contributed by atoms with van der Waals surface area (Å²) in [7, 11) is 5.53. The highest BCUT2D eigenvalue weighted by Gasteiger charge is 2.18. The molecule has 0 fully saturated rings. The molecule has 0 amide bonds. The lowest BCUT2D eigenvalue weighted by Crippen LogP contribution is -2.20. The molecule has 114 valence electrons. The van der Waals surface area contributed by atoms with Crippen LogP contribution in [0.2, 0.25) is 5.02 Å². The molecule has 21 heavy (non-hydrogen) atoms. The SMILES string of the molecule is CNC(Cc1c(Cl)c(C)nn1C)c1ccc(OC)c(Br)c1. The largest absolute Gasteiger partial charge is 0.496 e. The van der Waals surface area contributed by atoms with Crippen molar-refractivity contribution in [3.8, 4) is 5.75 Å². The van der Waals surface area contributed by atoms with E-state index in [0.717, 1.165) is 33.1 Å². The van der Waals surface area contributed by atoms with Crippen LogP contribution in [0.15, 0.2) is 22.7 Å². The number of rotatable bonds is 5. The number of aryl methyl sites for hydroxylation is 2. The van der Waals surface area contributed by atoms with Gasteiger partial charge >= 0.3 is 0 Å². The smallest absolute Gasteiger partial charge is 0.133 e. The molecule has 1 heterocycles. The van der Waals surface area contributed by atoms with Crippen LogP contribution in [0.4, 0.5) is 0 Å². The van der Waals surface area contributed by atoms with Crippen molar-refractivity contribution in [2.45, 2.75) is 19.4 Å². The van der Waals surface area contributed by atoms with E-state index in [1.54, 1.807) is 7.11 Å². The maximum atomic E-state index is 6.34. The van der Waals surface area contributed by atoms with Crippen LogP contribution >= 0.6 is 27.5 Å². The molecule has 1 unspecified atom stereocenters. The molecule has 1 N–H and O–H groups in total. The van der Waals surface area contributed by atoms with Crippen molar-refractivity contribution in [1.82, 2.24) is 15.1 Å². The molecule has 2 rings (SSSR count). The van der Waals surface area contributed by atoms with Crippen molar-refractivity contribution < 1.29 is 4.74 Å². The third-order valence-electron chi connectivity index (χ3n) is 3.59. The highest BCUT2D eigenvalue weighted by Crippen LogP contribution is 2.30. The average Bonchev–Trinajstić information content (AvgIpc) is 2.70. The van der Waals surface area contributed by atoms with Crippen LogP contribution in [-0.2, 0) is 13.5 Å². The molecule has 0 spiro atoms. The van der Waals surface area contributed by atoms with Crippen molar-refractivity contribution in [1.29, 1.82) is 0 Å². The predicted octanol–water partition coefficient (Wildman–Crippen LogP) is 3.66. The van der Waals surface area contributed by atoms with E-state index in [1.165, 1.54) is 5.56 Å². The molecule has 0 aliphatic carbocycles. The van der Waals surface area contributed by atoms with Crippen LogP contribution in [0.3, 0.4) is 0 Å². The maximum Gasteiger partial charge on any atom is 0.133 e. The van der Waals surface area contributed by atoms with E-state index >= 15 is 0 Å². The van der Waals surface area contributed by atoms with Crippen molar-refractivity contribution in [3.05, 3.63) is 44.6 Å². The third-order valence-corrected chi connectivity index (χ3v) is 4.70. The van der Waals surface area contributed by atoms with Gasteiger partial charge in [0.1, 0.15) is 5.75 Å². The second kappa shape index (κ2) is 6.81. The van der Waals surface area contributed by atoms with Gasteiger partial charge in [-0.25, -0.2) is 0 Å². The molecular formula is C15H19BrClN3O. The van der Waals surface area contributed by atoms with Crippen LogP contribution in [0.5, 0.6) is 5.75 Å². The second-order valence-electron chi connectivity index (χ2n) is 4.91. The van der Waals surface area contributed by atoms with Gasteiger partial charge in [0.25, 0.3) is 0 Å². The Bertz CT molecular complexity index is 642. The first-order chi connectivity index (χ1) is 9.97. The van der Waals surface area contributed by atoms with Gasteiger partial charge in [-0.15, -0.1) is 0 Å². The van der Waals surface area contributed by atoms with Gasteiger partial charge in [0.2, 0.25) is 0 Å². The Morgan fingerprint density at radius 1 is 1.48 bits per heavy atom. The molecule has 4 nitrogen and oxygen atoms in total. The van der Waals surface area contributed by atoms with Crippen LogP contribution in [0.25, 0.3) is 0 Å². The topological polar surface area (TPSA) is 39.1 Å². The van der Waals surface area contributed by atoms with E-state index < -0.39 is 0 Å². The number of methoxy groups -OCH3 is 1. The molecule has 0 saturated heterocycles. The summed E-state index contributed by atoms with van der Waals surface area (Å²) in [5.74, 6) is 0.822. The fourth-order valence-corrected chi connectivity index (χ4v) is 3.18. The third kappa shape index (κ3) is 3.42. The molecular weight excluding hydrogens is 354 g/mol. The first-order valence-corrected chi connectivity index (χ1v) is 7.83. The first-order valence-electron chi connectivity index (χ1n) is 6.66. The molecule has 0 aliphatic heterocycles.